The highest BCUT2D eigenvalue weighted by Crippen LogP contribution is 2.37. The highest BCUT2D eigenvalue weighted by molar-refractivity contribution is 7.13. The number of benzene rings is 1. The first-order chi connectivity index (χ1) is 9.70. The minimum absolute atomic E-state index is 0.638. The summed E-state index contributed by atoms with van der Waals surface area (Å²) in [5.41, 5.74) is 10.8. The predicted molar refractivity (Wildman–Crippen MR) is 80.7 cm³/mol. The van der Waals surface area contributed by atoms with Crippen molar-refractivity contribution in [3.8, 4) is 27.4 Å². The van der Waals surface area contributed by atoms with Crippen molar-refractivity contribution in [3.05, 3.63) is 36.0 Å². The largest absolute Gasteiger partial charge is 0.497 e. The molecule has 3 rings (SSSR count). The van der Waals surface area contributed by atoms with Crippen LogP contribution in [-0.2, 0) is 7.05 Å². The molecule has 0 aliphatic carbocycles. The first-order valence-corrected chi connectivity index (χ1v) is 6.94. The Hall–Kier alpha value is -2.34. The van der Waals surface area contributed by atoms with Crippen LogP contribution in [0, 0.1) is 0 Å². The SMILES string of the molecule is COc1ccc(-c2c(-c3cncs3)nn(C)c2N)cc1. The van der Waals surface area contributed by atoms with Gasteiger partial charge in [-0.05, 0) is 17.7 Å². The van der Waals surface area contributed by atoms with Crippen molar-refractivity contribution in [1.29, 1.82) is 0 Å². The van der Waals surface area contributed by atoms with Crippen molar-refractivity contribution < 1.29 is 4.74 Å². The van der Waals surface area contributed by atoms with Crippen LogP contribution in [0.5, 0.6) is 5.75 Å². The van der Waals surface area contributed by atoms with Crippen LogP contribution in [0.2, 0.25) is 0 Å². The van der Waals surface area contributed by atoms with Gasteiger partial charge in [0.25, 0.3) is 0 Å². The van der Waals surface area contributed by atoms with Gasteiger partial charge in [0.15, 0.2) is 0 Å². The number of hydrogen-bond acceptors (Lipinski definition) is 5. The van der Waals surface area contributed by atoms with E-state index in [0.29, 0.717) is 5.82 Å². The number of nitrogens with zero attached hydrogens (tertiary/aromatic N) is 3. The highest BCUT2D eigenvalue weighted by Gasteiger charge is 2.18. The fraction of sp³-hybridized carbons (Fsp3) is 0.143. The maximum atomic E-state index is 6.17. The number of nitrogen functional groups attached to an aromatic ring is 1. The summed E-state index contributed by atoms with van der Waals surface area (Å²) < 4.78 is 6.87. The van der Waals surface area contributed by atoms with Crippen LogP contribution in [0.25, 0.3) is 21.7 Å². The van der Waals surface area contributed by atoms with Crippen LogP contribution >= 0.6 is 11.3 Å². The monoisotopic (exact) mass is 286 g/mol. The van der Waals surface area contributed by atoms with Gasteiger partial charge >= 0.3 is 0 Å². The topological polar surface area (TPSA) is 66.0 Å². The fourth-order valence-electron chi connectivity index (χ4n) is 2.08. The maximum absolute atomic E-state index is 6.17. The van der Waals surface area contributed by atoms with Crippen LogP contribution in [0.15, 0.2) is 36.0 Å². The van der Waals surface area contributed by atoms with E-state index in [1.165, 1.54) is 0 Å². The number of thiazole rings is 1. The number of methoxy groups -OCH3 is 1. The molecular weight excluding hydrogens is 272 g/mol. The predicted octanol–water partition coefficient (Wildman–Crippen LogP) is 2.80. The van der Waals surface area contributed by atoms with E-state index in [1.807, 2.05) is 31.3 Å². The Kier molecular flexibility index (Phi) is 3.15. The van der Waals surface area contributed by atoms with Gasteiger partial charge in [0.05, 0.1) is 23.1 Å². The average Bonchev–Trinajstić information content (AvgIpc) is 3.09. The molecule has 0 saturated carbocycles. The van der Waals surface area contributed by atoms with E-state index in [9.17, 15) is 0 Å². The molecule has 2 heterocycles. The van der Waals surface area contributed by atoms with Gasteiger partial charge in [0.2, 0.25) is 0 Å². The second-order valence-corrected chi connectivity index (χ2v) is 5.21. The van der Waals surface area contributed by atoms with Gasteiger partial charge < -0.3 is 10.5 Å². The van der Waals surface area contributed by atoms with Crippen molar-refractivity contribution in [1.82, 2.24) is 14.8 Å². The fourth-order valence-corrected chi connectivity index (χ4v) is 2.70. The molecule has 0 saturated heterocycles. The summed E-state index contributed by atoms with van der Waals surface area (Å²) >= 11 is 1.55. The van der Waals surface area contributed by atoms with E-state index >= 15 is 0 Å². The molecule has 0 unspecified atom stereocenters. The molecule has 5 nitrogen and oxygen atoms in total. The molecule has 0 fully saturated rings. The average molecular weight is 286 g/mol. The van der Waals surface area contributed by atoms with E-state index in [0.717, 1.165) is 27.4 Å². The summed E-state index contributed by atoms with van der Waals surface area (Å²) in [6.07, 6.45) is 1.81. The molecule has 0 atom stereocenters. The summed E-state index contributed by atoms with van der Waals surface area (Å²) in [5.74, 6) is 1.45. The lowest BCUT2D eigenvalue weighted by molar-refractivity contribution is 0.415. The Morgan fingerprint density at radius 3 is 2.60 bits per heavy atom. The van der Waals surface area contributed by atoms with E-state index < -0.39 is 0 Å². The quantitative estimate of drug-likeness (QED) is 0.804. The van der Waals surface area contributed by atoms with Gasteiger partial charge in [-0.3, -0.25) is 9.67 Å². The number of nitrogens with two attached hydrogens (primary N) is 1. The number of ether oxygens (including phenoxy) is 1. The zero-order chi connectivity index (χ0) is 14.1. The molecule has 6 heteroatoms. The molecule has 2 aromatic heterocycles. The Bertz CT molecular complexity index is 716. The van der Waals surface area contributed by atoms with Crippen LogP contribution in [-0.4, -0.2) is 21.9 Å². The Morgan fingerprint density at radius 1 is 1.25 bits per heavy atom. The molecule has 0 aliphatic heterocycles. The molecule has 0 radical (unpaired) electrons. The van der Waals surface area contributed by atoms with Crippen molar-refractivity contribution in [3.63, 3.8) is 0 Å². The van der Waals surface area contributed by atoms with Gasteiger partial charge in [-0.15, -0.1) is 11.3 Å². The third-order valence-electron chi connectivity index (χ3n) is 3.14. The van der Waals surface area contributed by atoms with Crippen LogP contribution in [0.4, 0.5) is 5.82 Å². The van der Waals surface area contributed by atoms with Crippen molar-refractivity contribution in [2.45, 2.75) is 0 Å². The van der Waals surface area contributed by atoms with E-state index in [4.69, 9.17) is 10.5 Å². The second-order valence-electron chi connectivity index (χ2n) is 4.33. The summed E-state index contributed by atoms with van der Waals surface area (Å²) in [6, 6.07) is 7.80. The Morgan fingerprint density at radius 2 is 2.00 bits per heavy atom. The van der Waals surface area contributed by atoms with Gasteiger partial charge in [0, 0.05) is 13.2 Å². The van der Waals surface area contributed by atoms with Crippen molar-refractivity contribution >= 4 is 17.2 Å². The third kappa shape index (κ3) is 2.04. The molecule has 3 aromatic rings. The third-order valence-corrected chi connectivity index (χ3v) is 3.92. The Labute approximate surface area is 120 Å². The highest BCUT2D eigenvalue weighted by atomic mass is 32.1. The zero-order valence-electron chi connectivity index (χ0n) is 11.2. The van der Waals surface area contributed by atoms with E-state index in [2.05, 4.69) is 10.1 Å². The van der Waals surface area contributed by atoms with E-state index in [-0.39, 0.29) is 0 Å². The molecule has 0 spiro atoms. The summed E-state index contributed by atoms with van der Waals surface area (Å²) in [4.78, 5) is 5.11. The smallest absolute Gasteiger partial charge is 0.129 e. The normalized spacial score (nSPS) is 10.7. The summed E-state index contributed by atoms with van der Waals surface area (Å²) in [5, 5.41) is 4.50. The lowest BCUT2D eigenvalue weighted by Gasteiger charge is -2.04. The molecule has 20 heavy (non-hydrogen) atoms. The molecule has 0 amide bonds. The molecule has 1 aromatic carbocycles. The van der Waals surface area contributed by atoms with Gasteiger partial charge in [-0.2, -0.15) is 5.10 Å². The van der Waals surface area contributed by atoms with E-state index in [1.54, 1.807) is 34.8 Å². The minimum Gasteiger partial charge on any atom is -0.497 e. The Balaban J connectivity index is 2.16. The maximum Gasteiger partial charge on any atom is 0.129 e. The number of aromatic nitrogens is 3. The van der Waals surface area contributed by atoms with Crippen LogP contribution in [0.1, 0.15) is 0 Å². The first-order valence-electron chi connectivity index (χ1n) is 6.06. The van der Waals surface area contributed by atoms with Gasteiger partial charge in [-0.1, -0.05) is 12.1 Å². The van der Waals surface area contributed by atoms with Gasteiger partial charge in [0.1, 0.15) is 17.3 Å². The summed E-state index contributed by atoms with van der Waals surface area (Å²) in [7, 11) is 3.49. The number of rotatable bonds is 3. The molecule has 0 aliphatic rings. The lowest BCUT2D eigenvalue weighted by Crippen LogP contribution is -1.98. The standard InChI is InChI=1S/C14H14N4OS/c1-18-14(15)12(9-3-5-10(19-2)6-4-9)13(17-18)11-7-16-8-20-11/h3-8H,15H2,1-2H3. The van der Waals surface area contributed by atoms with Gasteiger partial charge in [-0.25, -0.2) is 0 Å². The van der Waals surface area contributed by atoms with Crippen LogP contribution < -0.4 is 10.5 Å². The number of anilines is 1. The zero-order valence-corrected chi connectivity index (χ0v) is 12.0. The minimum atomic E-state index is 0.638. The number of aryl methyl sites for hydroxylation is 1. The van der Waals surface area contributed by atoms with Crippen molar-refractivity contribution in [2.24, 2.45) is 7.05 Å². The molecule has 102 valence electrons. The second kappa shape index (κ2) is 4.97. The van der Waals surface area contributed by atoms with Crippen LogP contribution in [0.3, 0.4) is 0 Å². The first kappa shape index (κ1) is 12.7. The molecule has 2 N–H and O–H groups in total. The molecular formula is C14H14N4OS. The number of hydrogen-bond donors (Lipinski definition) is 1. The summed E-state index contributed by atoms with van der Waals surface area (Å²) in [6.45, 7) is 0. The van der Waals surface area contributed by atoms with Crippen molar-refractivity contribution in [2.75, 3.05) is 12.8 Å². The lowest BCUT2D eigenvalue weighted by atomic mass is 10.0. The molecule has 0 bridgehead atoms.